The first-order chi connectivity index (χ1) is 8.28. The van der Waals surface area contributed by atoms with Crippen LogP contribution in [-0.4, -0.2) is 9.78 Å². The Kier molecular flexibility index (Phi) is 4.34. The quantitative estimate of drug-likeness (QED) is 0.845. The van der Waals surface area contributed by atoms with Crippen molar-refractivity contribution >= 4 is 15.9 Å². The van der Waals surface area contributed by atoms with Crippen LogP contribution in [0.25, 0.3) is 0 Å². The normalized spacial score (nSPS) is 10.7. The van der Waals surface area contributed by atoms with Gasteiger partial charge in [-0.2, -0.15) is 5.10 Å². The molecule has 0 aliphatic heterocycles. The molecule has 0 aliphatic rings. The van der Waals surface area contributed by atoms with Gasteiger partial charge in [-0.25, -0.2) is 0 Å². The summed E-state index contributed by atoms with van der Waals surface area (Å²) in [6, 6.07) is 8.14. The third-order valence-electron chi connectivity index (χ3n) is 2.44. The van der Waals surface area contributed by atoms with Crippen molar-refractivity contribution in [1.82, 2.24) is 9.78 Å². The lowest BCUT2D eigenvalue weighted by Crippen LogP contribution is -1.94. The highest BCUT2D eigenvalue weighted by atomic mass is 79.9. The molecule has 2 aromatic rings. The molecule has 0 unspecified atom stereocenters. The minimum absolute atomic E-state index is 0.604. The maximum absolute atomic E-state index is 5.64. The SMILES string of the molecule is CCn1cc(COCc2cccc(Br)c2)cn1. The molecule has 0 spiro atoms. The number of halogens is 1. The maximum atomic E-state index is 5.64. The summed E-state index contributed by atoms with van der Waals surface area (Å²) in [6.45, 7) is 4.19. The minimum atomic E-state index is 0.604. The summed E-state index contributed by atoms with van der Waals surface area (Å²) in [5.41, 5.74) is 2.28. The van der Waals surface area contributed by atoms with Crippen molar-refractivity contribution in [2.24, 2.45) is 0 Å². The van der Waals surface area contributed by atoms with Crippen LogP contribution < -0.4 is 0 Å². The van der Waals surface area contributed by atoms with Crippen molar-refractivity contribution in [2.45, 2.75) is 26.7 Å². The molecule has 0 N–H and O–H groups in total. The lowest BCUT2D eigenvalue weighted by molar-refractivity contribution is 0.107. The second-order valence-electron chi connectivity index (χ2n) is 3.83. The predicted molar refractivity (Wildman–Crippen MR) is 70.5 cm³/mol. The number of aryl methyl sites for hydroxylation is 1. The molecule has 0 atom stereocenters. The van der Waals surface area contributed by atoms with Gasteiger partial charge < -0.3 is 4.74 Å². The van der Waals surface area contributed by atoms with E-state index in [1.807, 2.05) is 29.2 Å². The van der Waals surface area contributed by atoms with E-state index in [1.54, 1.807) is 0 Å². The number of aromatic nitrogens is 2. The van der Waals surface area contributed by atoms with E-state index in [2.05, 4.69) is 40.1 Å². The van der Waals surface area contributed by atoms with Gasteiger partial charge >= 0.3 is 0 Å². The average molecular weight is 295 g/mol. The van der Waals surface area contributed by atoms with Crippen LogP contribution in [0.3, 0.4) is 0 Å². The van der Waals surface area contributed by atoms with E-state index in [4.69, 9.17) is 4.74 Å². The zero-order valence-corrected chi connectivity index (χ0v) is 11.4. The first-order valence-electron chi connectivity index (χ1n) is 5.61. The van der Waals surface area contributed by atoms with Gasteiger partial charge in [-0.1, -0.05) is 28.1 Å². The molecule has 1 heterocycles. The monoisotopic (exact) mass is 294 g/mol. The number of hydrogen-bond acceptors (Lipinski definition) is 2. The van der Waals surface area contributed by atoms with Crippen molar-refractivity contribution < 1.29 is 4.74 Å². The second-order valence-corrected chi connectivity index (χ2v) is 4.74. The molecular formula is C13H15BrN2O. The topological polar surface area (TPSA) is 27.1 Å². The van der Waals surface area contributed by atoms with Crippen LogP contribution >= 0.6 is 15.9 Å². The lowest BCUT2D eigenvalue weighted by Gasteiger charge is -2.03. The molecule has 0 amide bonds. The Morgan fingerprint density at radius 1 is 1.29 bits per heavy atom. The molecule has 1 aromatic carbocycles. The van der Waals surface area contributed by atoms with Gasteiger partial charge in [-0.3, -0.25) is 4.68 Å². The standard InChI is InChI=1S/C13H15BrN2O/c1-2-16-8-12(7-15-16)10-17-9-11-4-3-5-13(14)6-11/h3-8H,2,9-10H2,1H3. The van der Waals surface area contributed by atoms with E-state index >= 15 is 0 Å². The van der Waals surface area contributed by atoms with Crippen molar-refractivity contribution in [3.8, 4) is 0 Å². The van der Waals surface area contributed by atoms with Crippen LogP contribution in [0.5, 0.6) is 0 Å². The molecule has 0 saturated heterocycles. The molecule has 4 heteroatoms. The molecule has 0 fully saturated rings. The largest absolute Gasteiger partial charge is 0.372 e. The van der Waals surface area contributed by atoms with Crippen LogP contribution in [0.2, 0.25) is 0 Å². The van der Waals surface area contributed by atoms with Crippen molar-refractivity contribution in [1.29, 1.82) is 0 Å². The zero-order chi connectivity index (χ0) is 12.1. The second kappa shape index (κ2) is 5.98. The summed E-state index contributed by atoms with van der Waals surface area (Å²) in [5.74, 6) is 0. The summed E-state index contributed by atoms with van der Waals surface area (Å²) in [4.78, 5) is 0. The van der Waals surface area contributed by atoms with Gasteiger partial charge in [0.1, 0.15) is 0 Å². The van der Waals surface area contributed by atoms with Gasteiger partial charge in [-0.05, 0) is 24.6 Å². The fourth-order valence-corrected chi connectivity index (χ4v) is 2.01. The first-order valence-corrected chi connectivity index (χ1v) is 6.40. The highest BCUT2D eigenvalue weighted by molar-refractivity contribution is 9.10. The van der Waals surface area contributed by atoms with Crippen LogP contribution in [0.1, 0.15) is 18.1 Å². The summed E-state index contributed by atoms with van der Waals surface area (Å²) in [5, 5.41) is 4.20. The number of nitrogens with zero attached hydrogens (tertiary/aromatic N) is 2. The Morgan fingerprint density at radius 2 is 2.12 bits per heavy atom. The third kappa shape index (κ3) is 3.68. The Bertz CT molecular complexity index is 482. The van der Waals surface area contributed by atoms with Crippen LogP contribution in [0.15, 0.2) is 41.1 Å². The highest BCUT2D eigenvalue weighted by Crippen LogP contribution is 2.13. The molecule has 0 saturated carbocycles. The molecule has 3 nitrogen and oxygen atoms in total. The first kappa shape index (κ1) is 12.3. The van der Waals surface area contributed by atoms with Gasteiger partial charge in [0.25, 0.3) is 0 Å². The smallest absolute Gasteiger partial charge is 0.0752 e. The van der Waals surface area contributed by atoms with Gasteiger partial charge in [0.2, 0.25) is 0 Å². The van der Waals surface area contributed by atoms with Crippen LogP contribution in [-0.2, 0) is 24.5 Å². The predicted octanol–water partition coefficient (Wildman–Crippen LogP) is 3.38. The Balaban J connectivity index is 1.83. The summed E-state index contributed by atoms with van der Waals surface area (Å²) < 4.78 is 8.63. The summed E-state index contributed by atoms with van der Waals surface area (Å²) in [7, 11) is 0. The fourth-order valence-electron chi connectivity index (χ4n) is 1.57. The molecule has 90 valence electrons. The van der Waals surface area contributed by atoms with Crippen LogP contribution in [0, 0.1) is 0 Å². The van der Waals surface area contributed by atoms with E-state index in [0.29, 0.717) is 13.2 Å². The average Bonchev–Trinajstić information content (AvgIpc) is 2.77. The van der Waals surface area contributed by atoms with E-state index in [1.165, 1.54) is 5.56 Å². The van der Waals surface area contributed by atoms with E-state index in [0.717, 1.165) is 16.6 Å². The van der Waals surface area contributed by atoms with Crippen LogP contribution in [0.4, 0.5) is 0 Å². The van der Waals surface area contributed by atoms with E-state index in [9.17, 15) is 0 Å². The Hall–Kier alpha value is -1.13. The number of benzene rings is 1. The number of ether oxygens (including phenoxy) is 1. The number of hydrogen-bond donors (Lipinski definition) is 0. The zero-order valence-electron chi connectivity index (χ0n) is 9.77. The highest BCUT2D eigenvalue weighted by Gasteiger charge is 1.98. The molecule has 2 rings (SSSR count). The van der Waals surface area contributed by atoms with Gasteiger partial charge in [-0.15, -0.1) is 0 Å². The molecule has 0 aliphatic carbocycles. The summed E-state index contributed by atoms with van der Waals surface area (Å²) >= 11 is 3.44. The maximum Gasteiger partial charge on any atom is 0.0752 e. The molecule has 0 radical (unpaired) electrons. The molecule has 0 bridgehead atoms. The molecule has 17 heavy (non-hydrogen) atoms. The number of rotatable bonds is 5. The Morgan fingerprint density at radius 3 is 2.82 bits per heavy atom. The summed E-state index contributed by atoms with van der Waals surface area (Å²) in [6.07, 6.45) is 3.87. The van der Waals surface area contributed by atoms with E-state index < -0.39 is 0 Å². The van der Waals surface area contributed by atoms with E-state index in [-0.39, 0.29) is 0 Å². The molecular weight excluding hydrogens is 280 g/mol. The van der Waals surface area contributed by atoms with Crippen molar-refractivity contribution in [3.05, 3.63) is 52.3 Å². The van der Waals surface area contributed by atoms with Crippen molar-refractivity contribution in [3.63, 3.8) is 0 Å². The van der Waals surface area contributed by atoms with Crippen molar-refractivity contribution in [2.75, 3.05) is 0 Å². The fraction of sp³-hybridized carbons (Fsp3) is 0.308. The Labute approximate surface area is 110 Å². The van der Waals surface area contributed by atoms with Gasteiger partial charge in [0.05, 0.1) is 19.4 Å². The molecule has 1 aromatic heterocycles. The van der Waals surface area contributed by atoms with Gasteiger partial charge in [0, 0.05) is 22.8 Å². The third-order valence-corrected chi connectivity index (χ3v) is 2.93. The van der Waals surface area contributed by atoms with Gasteiger partial charge in [0.15, 0.2) is 0 Å². The lowest BCUT2D eigenvalue weighted by atomic mass is 10.2. The minimum Gasteiger partial charge on any atom is -0.372 e.